The molecule has 0 bridgehead atoms. The number of methoxy groups -OCH3 is 1. The topological polar surface area (TPSA) is 47.6 Å². The lowest BCUT2D eigenvalue weighted by Gasteiger charge is -2.17. The first kappa shape index (κ1) is 14.4. The minimum absolute atomic E-state index is 0.117. The molecular weight excluding hydrogens is 254 g/mol. The number of nitrogens with one attached hydrogen (secondary N) is 1. The third-order valence-corrected chi connectivity index (χ3v) is 3.37. The molecule has 108 valence electrons. The fourth-order valence-electron chi connectivity index (χ4n) is 2.25. The molecule has 20 heavy (non-hydrogen) atoms. The van der Waals surface area contributed by atoms with Crippen molar-refractivity contribution in [3.05, 3.63) is 36.4 Å². The number of rotatable bonds is 6. The number of carbonyl (C=O) groups excluding carboxylic acids is 1. The standard InChI is InChI=1S/C16H21NO3/c1-19-14-9-5-6-10-15(14)20-12-11-17-16(18)13-7-3-2-4-8-13/h2-3,5-6,9-10,13H,4,7-8,11-12H2,1H3,(H,17,18). The van der Waals surface area contributed by atoms with Gasteiger partial charge in [0.25, 0.3) is 0 Å². The smallest absolute Gasteiger partial charge is 0.223 e. The van der Waals surface area contributed by atoms with Gasteiger partial charge < -0.3 is 14.8 Å². The molecule has 4 nitrogen and oxygen atoms in total. The van der Waals surface area contributed by atoms with E-state index in [0.717, 1.165) is 19.3 Å². The maximum absolute atomic E-state index is 11.9. The molecule has 1 aromatic carbocycles. The summed E-state index contributed by atoms with van der Waals surface area (Å²) in [4.78, 5) is 11.9. The molecule has 1 amide bonds. The summed E-state index contributed by atoms with van der Waals surface area (Å²) in [6.45, 7) is 0.950. The Labute approximate surface area is 119 Å². The Morgan fingerprint density at radius 2 is 2.10 bits per heavy atom. The first-order valence-corrected chi connectivity index (χ1v) is 7.00. The van der Waals surface area contributed by atoms with Crippen molar-refractivity contribution in [1.82, 2.24) is 5.32 Å². The van der Waals surface area contributed by atoms with E-state index < -0.39 is 0 Å². The molecule has 4 heteroatoms. The average molecular weight is 275 g/mol. The van der Waals surface area contributed by atoms with Gasteiger partial charge in [-0.2, -0.15) is 0 Å². The van der Waals surface area contributed by atoms with E-state index in [-0.39, 0.29) is 11.8 Å². The van der Waals surface area contributed by atoms with Gasteiger partial charge in [0.1, 0.15) is 6.61 Å². The second-order valence-corrected chi connectivity index (χ2v) is 4.77. The molecule has 1 aliphatic rings. The Balaban J connectivity index is 1.71. The van der Waals surface area contributed by atoms with Crippen molar-refractivity contribution < 1.29 is 14.3 Å². The molecule has 1 aliphatic carbocycles. The lowest BCUT2D eigenvalue weighted by Crippen LogP contribution is -2.34. The van der Waals surface area contributed by atoms with E-state index in [2.05, 4.69) is 17.5 Å². The fraction of sp³-hybridized carbons (Fsp3) is 0.438. The van der Waals surface area contributed by atoms with Crippen molar-refractivity contribution in [2.24, 2.45) is 5.92 Å². The van der Waals surface area contributed by atoms with E-state index in [9.17, 15) is 4.79 Å². The zero-order valence-electron chi connectivity index (χ0n) is 11.8. The number of ether oxygens (including phenoxy) is 2. The van der Waals surface area contributed by atoms with Crippen LogP contribution in [0.5, 0.6) is 11.5 Å². The molecule has 0 aliphatic heterocycles. The molecule has 1 aromatic rings. The Morgan fingerprint density at radius 1 is 1.30 bits per heavy atom. The minimum atomic E-state index is 0.117. The predicted octanol–water partition coefficient (Wildman–Crippen LogP) is 2.55. The Bertz CT molecular complexity index is 471. The van der Waals surface area contributed by atoms with Gasteiger partial charge in [0.15, 0.2) is 11.5 Å². The van der Waals surface area contributed by atoms with Crippen LogP contribution in [-0.2, 0) is 4.79 Å². The summed E-state index contributed by atoms with van der Waals surface area (Å²) in [5.74, 6) is 1.64. The second-order valence-electron chi connectivity index (χ2n) is 4.77. The Hall–Kier alpha value is -1.97. The first-order chi connectivity index (χ1) is 9.81. The van der Waals surface area contributed by atoms with Crippen LogP contribution in [0.25, 0.3) is 0 Å². The van der Waals surface area contributed by atoms with E-state index in [4.69, 9.17) is 9.47 Å². The van der Waals surface area contributed by atoms with Crippen LogP contribution >= 0.6 is 0 Å². The maximum atomic E-state index is 11.9. The van der Waals surface area contributed by atoms with Gasteiger partial charge in [-0.1, -0.05) is 24.3 Å². The number of carbonyl (C=O) groups is 1. The second kappa shape index (κ2) is 7.58. The van der Waals surface area contributed by atoms with Crippen LogP contribution in [0.1, 0.15) is 19.3 Å². The normalized spacial score (nSPS) is 17.6. The van der Waals surface area contributed by atoms with Crippen LogP contribution in [0.15, 0.2) is 36.4 Å². The lowest BCUT2D eigenvalue weighted by atomic mass is 9.94. The lowest BCUT2D eigenvalue weighted by molar-refractivity contribution is -0.125. The summed E-state index contributed by atoms with van der Waals surface area (Å²) in [5.41, 5.74) is 0. The van der Waals surface area contributed by atoms with Crippen molar-refractivity contribution >= 4 is 5.91 Å². The van der Waals surface area contributed by atoms with Crippen LogP contribution in [0.2, 0.25) is 0 Å². The van der Waals surface area contributed by atoms with Crippen molar-refractivity contribution in [3.63, 3.8) is 0 Å². The average Bonchev–Trinajstić information content (AvgIpc) is 2.52. The summed E-state index contributed by atoms with van der Waals surface area (Å²) < 4.78 is 10.8. The van der Waals surface area contributed by atoms with E-state index in [1.807, 2.05) is 24.3 Å². The summed E-state index contributed by atoms with van der Waals surface area (Å²) >= 11 is 0. The van der Waals surface area contributed by atoms with Crippen LogP contribution in [0.3, 0.4) is 0 Å². The quantitative estimate of drug-likeness (QED) is 0.641. The maximum Gasteiger partial charge on any atom is 0.223 e. The van der Waals surface area contributed by atoms with Crippen LogP contribution in [-0.4, -0.2) is 26.2 Å². The van der Waals surface area contributed by atoms with E-state index >= 15 is 0 Å². The summed E-state index contributed by atoms with van der Waals surface area (Å²) in [5, 5.41) is 2.92. The number of benzene rings is 1. The number of amides is 1. The molecule has 1 atom stereocenters. The molecule has 0 spiro atoms. The van der Waals surface area contributed by atoms with Gasteiger partial charge >= 0.3 is 0 Å². The van der Waals surface area contributed by atoms with Gasteiger partial charge in [-0.15, -0.1) is 0 Å². The minimum Gasteiger partial charge on any atom is -0.493 e. The summed E-state index contributed by atoms with van der Waals surface area (Å²) in [6, 6.07) is 7.49. The highest BCUT2D eigenvalue weighted by Gasteiger charge is 2.17. The highest BCUT2D eigenvalue weighted by atomic mass is 16.5. The molecule has 1 N–H and O–H groups in total. The molecule has 0 heterocycles. The molecule has 2 rings (SSSR count). The van der Waals surface area contributed by atoms with Crippen molar-refractivity contribution in [2.75, 3.05) is 20.3 Å². The molecule has 1 unspecified atom stereocenters. The summed E-state index contributed by atoms with van der Waals surface area (Å²) in [7, 11) is 1.61. The van der Waals surface area contributed by atoms with E-state index in [1.165, 1.54) is 0 Å². The largest absolute Gasteiger partial charge is 0.493 e. The number of hydrogen-bond donors (Lipinski definition) is 1. The fourth-order valence-corrected chi connectivity index (χ4v) is 2.25. The van der Waals surface area contributed by atoms with Gasteiger partial charge in [-0.25, -0.2) is 0 Å². The molecule has 0 radical (unpaired) electrons. The third-order valence-electron chi connectivity index (χ3n) is 3.37. The molecule has 0 aromatic heterocycles. The predicted molar refractivity (Wildman–Crippen MR) is 78.0 cm³/mol. The summed E-state index contributed by atoms with van der Waals surface area (Å²) in [6.07, 6.45) is 7.00. The first-order valence-electron chi connectivity index (χ1n) is 7.00. The van der Waals surface area contributed by atoms with Crippen molar-refractivity contribution in [2.45, 2.75) is 19.3 Å². The highest BCUT2D eigenvalue weighted by Crippen LogP contribution is 2.25. The number of allylic oxidation sites excluding steroid dienone is 2. The zero-order valence-corrected chi connectivity index (χ0v) is 11.8. The zero-order chi connectivity index (χ0) is 14.2. The highest BCUT2D eigenvalue weighted by molar-refractivity contribution is 5.78. The molecule has 0 fully saturated rings. The van der Waals surface area contributed by atoms with Gasteiger partial charge in [0.2, 0.25) is 5.91 Å². The third kappa shape index (κ3) is 4.02. The molecular formula is C16H21NO3. The molecule has 0 saturated heterocycles. The number of hydrogen-bond acceptors (Lipinski definition) is 3. The van der Waals surface area contributed by atoms with Gasteiger partial charge in [-0.3, -0.25) is 4.79 Å². The molecule has 0 saturated carbocycles. The SMILES string of the molecule is COc1ccccc1OCCNC(=O)C1CC=CCC1. The van der Waals surface area contributed by atoms with Crippen LogP contribution in [0, 0.1) is 5.92 Å². The van der Waals surface area contributed by atoms with Crippen LogP contribution in [0.4, 0.5) is 0 Å². The number of para-hydroxylation sites is 2. The van der Waals surface area contributed by atoms with Gasteiger partial charge in [0.05, 0.1) is 13.7 Å². The monoisotopic (exact) mass is 275 g/mol. The van der Waals surface area contributed by atoms with Crippen molar-refractivity contribution in [3.8, 4) is 11.5 Å². The van der Waals surface area contributed by atoms with E-state index in [0.29, 0.717) is 24.7 Å². The Morgan fingerprint density at radius 3 is 2.80 bits per heavy atom. The Kier molecular flexibility index (Phi) is 5.47. The van der Waals surface area contributed by atoms with Crippen LogP contribution < -0.4 is 14.8 Å². The van der Waals surface area contributed by atoms with E-state index in [1.54, 1.807) is 7.11 Å². The van der Waals surface area contributed by atoms with Gasteiger partial charge in [0, 0.05) is 5.92 Å². The van der Waals surface area contributed by atoms with Gasteiger partial charge in [-0.05, 0) is 31.4 Å². The van der Waals surface area contributed by atoms with Crippen molar-refractivity contribution in [1.29, 1.82) is 0 Å².